The Morgan fingerprint density at radius 3 is 2.17 bits per heavy atom. The molecule has 2 heterocycles. The Morgan fingerprint density at radius 1 is 0.966 bits per heavy atom. The number of esters is 3. The Balaban J connectivity index is 2.08. The fourth-order valence-corrected chi connectivity index (χ4v) is 3.74. The van der Waals surface area contributed by atoms with Gasteiger partial charge in [-0.2, -0.15) is 0 Å². The summed E-state index contributed by atoms with van der Waals surface area (Å²) in [6, 6.07) is 9.42. The Hall–Kier alpha value is -3.42. The van der Waals surface area contributed by atoms with E-state index in [1.54, 1.807) is 29.7 Å². The Kier molecular flexibility index (Phi) is 5.54. The van der Waals surface area contributed by atoms with Gasteiger partial charge in [-0.3, -0.25) is 14.4 Å². The van der Waals surface area contributed by atoms with E-state index >= 15 is 0 Å². The molecule has 1 aromatic heterocycles. The van der Waals surface area contributed by atoms with Crippen molar-refractivity contribution in [1.82, 2.24) is 4.57 Å². The summed E-state index contributed by atoms with van der Waals surface area (Å²) >= 11 is 0. The number of carbonyl (C=O) groups excluding carboxylic acids is 4. The number of benzene rings is 1. The normalized spacial score (nSPS) is 14.0. The molecule has 1 aromatic carbocycles. The summed E-state index contributed by atoms with van der Waals surface area (Å²) in [6.45, 7) is 2.11. The number of ether oxygens (including phenoxy) is 3. The van der Waals surface area contributed by atoms with Gasteiger partial charge in [0.1, 0.15) is 0 Å². The quantitative estimate of drug-likeness (QED) is 0.316. The second kappa shape index (κ2) is 7.90. The number of carbonyl (C=O) groups is 4. The monoisotopic (exact) mass is 399 g/mol. The minimum Gasteiger partial charge on any atom is -0.468 e. The molecule has 0 radical (unpaired) electrons. The summed E-state index contributed by atoms with van der Waals surface area (Å²) in [5, 5.41) is 0. The van der Waals surface area contributed by atoms with Gasteiger partial charge in [-0.05, 0) is 31.5 Å². The van der Waals surface area contributed by atoms with Crippen LogP contribution in [0.25, 0.3) is 0 Å². The zero-order valence-corrected chi connectivity index (χ0v) is 16.4. The molecule has 0 aliphatic carbocycles. The van der Waals surface area contributed by atoms with Crippen LogP contribution in [0.2, 0.25) is 0 Å². The molecule has 0 spiro atoms. The van der Waals surface area contributed by atoms with Crippen molar-refractivity contribution in [2.24, 2.45) is 0 Å². The van der Waals surface area contributed by atoms with Gasteiger partial charge in [0.05, 0.1) is 32.1 Å². The maximum Gasteiger partial charge on any atom is 0.338 e. The van der Waals surface area contributed by atoms with Gasteiger partial charge >= 0.3 is 17.9 Å². The van der Waals surface area contributed by atoms with Crippen molar-refractivity contribution in [3.05, 3.63) is 58.9 Å². The van der Waals surface area contributed by atoms with Crippen molar-refractivity contribution >= 4 is 23.7 Å². The van der Waals surface area contributed by atoms with Gasteiger partial charge in [0.2, 0.25) is 11.2 Å². The SMILES string of the molecule is CCOC(=O)c1ccccc1C(=O)c1ccc2n1CCC2(C(=O)OC)C(=O)OC. The molecule has 0 bridgehead atoms. The molecular weight excluding hydrogens is 378 g/mol. The van der Waals surface area contributed by atoms with Gasteiger partial charge in [0.15, 0.2) is 0 Å². The van der Waals surface area contributed by atoms with Crippen molar-refractivity contribution in [1.29, 1.82) is 0 Å². The Labute approximate surface area is 167 Å². The van der Waals surface area contributed by atoms with Crippen molar-refractivity contribution < 1.29 is 33.4 Å². The average molecular weight is 399 g/mol. The third-order valence-electron chi connectivity index (χ3n) is 5.10. The number of hydrogen-bond donors (Lipinski definition) is 0. The molecule has 1 aliphatic rings. The van der Waals surface area contributed by atoms with E-state index in [1.165, 1.54) is 32.4 Å². The number of hydrogen-bond acceptors (Lipinski definition) is 7. The van der Waals surface area contributed by atoms with Crippen LogP contribution in [0.5, 0.6) is 0 Å². The van der Waals surface area contributed by atoms with Crippen LogP contribution < -0.4 is 0 Å². The molecule has 0 amide bonds. The highest BCUT2D eigenvalue weighted by Gasteiger charge is 2.55. The van der Waals surface area contributed by atoms with Crippen LogP contribution in [-0.2, 0) is 35.8 Å². The van der Waals surface area contributed by atoms with Crippen molar-refractivity contribution in [3.63, 3.8) is 0 Å². The van der Waals surface area contributed by atoms with E-state index in [1.807, 2.05) is 0 Å². The van der Waals surface area contributed by atoms with Crippen LogP contribution in [-0.4, -0.2) is 49.1 Å². The summed E-state index contributed by atoms with van der Waals surface area (Å²) in [6.07, 6.45) is 0.113. The topological polar surface area (TPSA) is 101 Å². The first-order chi connectivity index (χ1) is 13.9. The highest BCUT2D eigenvalue weighted by atomic mass is 16.5. The molecule has 0 unspecified atom stereocenters. The highest BCUT2D eigenvalue weighted by molar-refractivity contribution is 6.14. The first-order valence-corrected chi connectivity index (χ1v) is 9.10. The summed E-state index contributed by atoms with van der Waals surface area (Å²) < 4.78 is 16.3. The van der Waals surface area contributed by atoms with Gasteiger partial charge in [-0.25, -0.2) is 4.79 Å². The standard InChI is InChI=1S/C21H21NO7/c1-4-29-18(24)14-8-6-5-7-13(14)17(23)15-9-10-16-21(19(25)27-2,20(26)28-3)11-12-22(15)16/h5-10H,4,11-12H2,1-3H3. The van der Waals surface area contributed by atoms with E-state index in [9.17, 15) is 19.2 Å². The van der Waals surface area contributed by atoms with Crippen LogP contribution in [0.15, 0.2) is 36.4 Å². The summed E-state index contributed by atoms with van der Waals surface area (Å²) in [5.41, 5.74) is -0.706. The third kappa shape index (κ3) is 3.10. The number of methoxy groups -OCH3 is 2. The fourth-order valence-electron chi connectivity index (χ4n) is 3.74. The number of rotatable bonds is 6. The molecule has 0 N–H and O–H groups in total. The minimum absolute atomic E-state index is 0.113. The van der Waals surface area contributed by atoms with Crippen LogP contribution in [0, 0.1) is 0 Å². The number of ketones is 1. The predicted molar refractivity (Wildman–Crippen MR) is 101 cm³/mol. The molecular formula is C21H21NO7. The Morgan fingerprint density at radius 2 is 1.59 bits per heavy atom. The van der Waals surface area contributed by atoms with Gasteiger partial charge in [-0.15, -0.1) is 0 Å². The lowest BCUT2D eigenvalue weighted by Gasteiger charge is -2.22. The molecule has 1 aliphatic heterocycles. The molecule has 152 valence electrons. The molecule has 8 nitrogen and oxygen atoms in total. The van der Waals surface area contributed by atoms with Gasteiger partial charge in [0, 0.05) is 17.8 Å². The van der Waals surface area contributed by atoms with Crippen LogP contribution in [0.4, 0.5) is 0 Å². The highest BCUT2D eigenvalue weighted by Crippen LogP contribution is 2.39. The first-order valence-electron chi connectivity index (χ1n) is 9.10. The van der Waals surface area contributed by atoms with Gasteiger partial charge in [-0.1, -0.05) is 18.2 Å². The lowest BCUT2D eigenvalue weighted by atomic mass is 9.83. The van der Waals surface area contributed by atoms with E-state index in [2.05, 4.69) is 0 Å². The summed E-state index contributed by atoms with van der Waals surface area (Å²) in [5.74, 6) is -2.49. The smallest absolute Gasteiger partial charge is 0.338 e. The lowest BCUT2D eigenvalue weighted by molar-refractivity contribution is -0.162. The number of aromatic nitrogens is 1. The summed E-state index contributed by atoms with van der Waals surface area (Å²) in [7, 11) is 2.39. The van der Waals surface area contributed by atoms with Crippen LogP contribution >= 0.6 is 0 Å². The molecule has 3 rings (SSSR count). The second-order valence-corrected chi connectivity index (χ2v) is 6.49. The third-order valence-corrected chi connectivity index (χ3v) is 5.10. The van der Waals surface area contributed by atoms with Crippen LogP contribution in [0.1, 0.15) is 45.4 Å². The van der Waals surface area contributed by atoms with E-state index in [0.29, 0.717) is 5.69 Å². The van der Waals surface area contributed by atoms with E-state index < -0.39 is 29.1 Å². The maximum absolute atomic E-state index is 13.2. The van der Waals surface area contributed by atoms with Gasteiger partial charge < -0.3 is 18.8 Å². The molecule has 0 saturated carbocycles. The summed E-state index contributed by atoms with van der Waals surface area (Å²) in [4.78, 5) is 50.4. The zero-order chi connectivity index (χ0) is 21.2. The fraction of sp³-hybridized carbons (Fsp3) is 0.333. The van der Waals surface area contributed by atoms with Crippen LogP contribution in [0.3, 0.4) is 0 Å². The van der Waals surface area contributed by atoms with E-state index in [-0.39, 0.29) is 36.4 Å². The van der Waals surface area contributed by atoms with Crippen molar-refractivity contribution in [3.8, 4) is 0 Å². The minimum atomic E-state index is -1.62. The molecule has 2 aromatic rings. The van der Waals surface area contributed by atoms with Gasteiger partial charge in [0.25, 0.3) is 0 Å². The van der Waals surface area contributed by atoms with E-state index in [4.69, 9.17) is 14.2 Å². The molecule has 0 saturated heterocycles. The molecule has 8 heteroatoms. The second-order valence-electron chi connectivity index (χ2n) is 6.49. The lowest BCUT2D eigenvalue weighted by Crippen LogP contribution is -2.43. The average Bonchev–Trinajstić information content (AvgIpc) is 3.33. The molecule has 29 heavy (non-hydrogen) atoms. The predicted octanol–water partition coefficient (Wildman–Crippen LogP) is 1.88. The van der Waals surface area contributed by atoms with Crippen molar-refractivity contribution in [2.45, 2.75) is 25.3 Å². The molecule has 0 fully saturated rings. The number of fused-ring (bicyclic) bond motifs is 1. The molecule has 0 atom stereocenters. The number of nitrogens with zero attached hydrogens (tertiary/aromatic N) is 1. The maximum atomic E-state index is 13.2. The zero-order valence-electron chi connectivity index (χ0n) is 16.4. The van der Waals surface area contributed by atoms with Crippen molar-refractivity contribution in [2.75, 3.05) is 20.8 Å². The van der Waals surface area contributed by atoms with E-state index in [0.717, 1.165) is 0 Å². The Bertz CT molecular complexity index is 973. The largest absolute Gasteiger partial charge is 0.468 e. The first kappa shape index (κ1) is 20.3.